The van der Waals surface area contributed by atoms with E-state index in [9.17, 15) is 8.78 Å². The Balaban J connectivity index is 3.05. The molecule has 0 atom stereocenters. The van der Waals surface area contributed by atoms with E-state index in [-0.39, 0.29) is 5.56 Å². The van der Waals surface area contributed by atoms with Gasteiger partial charge in [0.25, 0.3) is 6.43 Å². The van der Waals surface area contributed by atoms with Crippen molar-refractivity contribution in [3.63, 3.8) is 0 Å². The van der Waals surface area contributed by atoms with E-state index in [1.54, 1.807) is 6.92 Å². The molecule has 0 aliphatic rings. The number of pyridine rings is 1. The van der Waals surface area contributed by atoms with E-state index in [1.165, 1.54) is 6.07 Å². The lowest BCUT2D eigenvalue weighted by Crippen LogP contribution is -1.95. The van der Waals surface area contributed by atoms with Crippen molar-refractivity contribution >= 4 is 5.69 Å². The SMILES string of the molecule is Cc1ncc(C(F)F)cc1N. The summed E-state index contributed by atoms with van der Waals surface area (Å²) in [5.41, 5.74) is 6.12. The van der Waals surface area contributed by atoms with Crippen LogP contribution in [0.5, 0.6) is 0 Å². The molecule has 0 saturated heterocycles. The van der Waals surface area contributed by atoms with Crippen molar-refractivity contribution in [3.8, 4) is 0 Å². The highest BCUT2D eigenvalue weighted by Gasteiger charge is 2.07. The van der Waals surface area contributed by atoms with Crippen LogP contribution in [0.1, 0.15) is 17.7 Å². The van der Waals surface area contributed by atoms with Crippen molar-refractivity contribution < 1.29 is 8.78 Å². The molecule has 0 saturated carbocycles. The number of hydrogen-bond donors (Lipinski definition) is 1. The van der Waals surface area contributed by atoms with Gasteiger partial charge in [-0.15, -0.1) is 0 Å². The Morgan fingerprint density at radius 1 is 1.55 bits per heavy atom. The maximum absolute atomic E-state index is 12.0. The first-order chi connectivity index (χ1) is 5.11. The minimum Gasteiger partial charge on any atom is -0.397 e. The zero-order valence-electron chi connectivity index (χ0n) is 6.01. The summed E-state index contributed by atoms with van der Waals surface area (Å²) < 4.78 is 24.0. The van der Waals surface area contributed by atoms with Gasteiger partial charge < -0.3 is 5.73 Å². The molecule has 0 radical (unpaired) electrons. The van der Waals surface area contributed by atoms with Gasteiger partial charge in [0.2, 0.25) is 0 Å². The Labute approximate surface area is 63.1 Å². The molecule has 0 fully saturated rings. The zero-order valence-corrected chi connectivity index (χ0v) is 6.01. The van der Waals surface area contributed by atoms with Gasteiger partial charge >= 0.3 is 0 Å². The van der Waals surface area contributed by atoms with Crippen molar-refractivity contribution in [2.75, 3.05) is 5.73 Å². The summed E-state index contributed by atoms with van der Waals surface area (Å²) in [4.78, 5) is 3.69. The quantitative estimate of drug-likeness (QED) is 0.678. The predicted octanol–water partition coefficient (Wildman–Crippen LogP) is 1.91. The van der Waals surface area contributed by atoms with E-state index in [1.807, 2.05) is 0 Å². The number of halogens is 2. The zero-order chi connectivity index (χ0) is 8.43. The number of nitrogens with zero attached hydrogens (tertiary/aromatic N) is 1. The van der Waals surface area contributed by atoms with Crippen LogP contribution >= 0.6 is 0 Å². The molecule has 1 aromatic heterocycles. The summed E-state index contributed by atoms with van der Waals surface area (Å²) in [5.74, 6) is 0. The van der Waals surface area contributed by atoms with Crippen LogP contribution in [-0.2, 0) is 0 Å². The molecular weight excluding hydrogens is 150 g/mol. The number of nitrogen functional groups attached to an aromatic ring is 1. The molecule has 0 spiro atoms. The summed E-state index contributed by atoms with van der Waals surface area (Å²) in [7, 11) is 0. The van der Waals surface area contributed by atoms with Crippen LogP contribution in [0.3, 0.4) is 0 Å². The first-order valence-corrected chi connectivity index (χ1v) is 3.11. The normalized spacial score (nSPS) is 10.5. The lowest BCUT2D eigenvalue weighted by molar-refractivity contribution is 0.151. The van der Waals surface area contributed by atoms with Gasteiger partial charge in [-0.25, -0.2) is 8.78 Å². The standard InChI is InChI=1S/C7H8F2N2/c1-4-6(10)2-5(3-11-4)7(8)9/h2-3,7H,10H2,1H3. The van der Waals surface area contributed by atoms with Crippen molar-refractivity contribution in [2.45, 2.75) is 13.3 Å². The first kappa shape index (κ1) is 7.91. The van der Waals surface area contributed by atoms with Crippen LogP contribution < -0.4 is 5.73 Å². The average Bonchev–Trinajstić information content (AvgIpc) is 1.94. The molecule has 1 heterocycles. The van der Waals surface area contributed by atoms with Gasteiger partial charge in [0.15, 0.2) is 0 Å². The Hall–Kier alpha value is -1.19. The smallest absolute Gasteiger partial charge is 0.265 e. The Morgan fingerprint density at radius 2 is 2.18 bits per heavy atom. The third-order valence-corrected chi connectivity index (χ3v) is 1.40. The maximum Gasteiger partial charge on any atom is 0.265 e. The molecule has 1 aromatic rings. The molecule has 2 N–H and O–H groups in total. The molecule has 1 rings (SSSR count). The maximum atomic E-state index is 12.0. The van der Waals surface area contributed by atoms with Crippen LogP contribution in [0.2, 0.25) is 0 Å². The number of alkyl halides is 2. The lowest BCUT2D eigenvalue weighted by Gasteiger charge is -2.01. The molecule has 2 nitrogen and oxygen atoms in total. The minimum absolute atomic E-state index is 0.131. The molecule has 0 bridgehead atoms. The highest BCUT2D eigenvalue weighted by Crippen LogP contribution is 2.20. The van der Waals surface area contributed by atoms with E-state index in [2.05, 4.69) is 4.98 Å². The molecule has 0 aliphatic heterocycles. The van der Waals surface area contributed by atoms with Gasteiger partial charge in [-0.1, -0.05) is 0 Å². The van der Waals surface area contributed by atoms with Crippen molar-refractivity contribution in [2.24, 2.45) is 0 Å². The fourth-order valence-corrected chi connectivity index (χ4v) is 0.687. The summed E-state index contributed by atoms with van der Waals surface area (Å²) in [6.07, 6.45) is -1.36. The van der Waals surface area contributed by atoms with E-state index < -0.39 is 6.43 Å². The number of anilines is 1. The number of hydrogen-bond acceptors (Lipinski definition) is 2. The van der Waals surface area contributed by atoms with E-state index in [4.69, 9.17) is 5.73 Å². The fourth-order valence-electron chi connectivity index (χ4n) is 0.687. The highest BCUT2D eigenvalue weighted by molar-refractivity contribution is 5.44. The van der Waals surface area contributed by atoms with Gasteiger partial charge in [-0.05, 0) is 13.0 Å². The van der Waals surface area contributed by atoms with Gasteiger partial charge in [0.05, 0.1) is 11.4 Å². The van der Waals surface area contributed by atoms with Crippen molar-refractivity contribution in [1.29, 1.82) is 0 Å². The fraction of sp³-hybridized carbons (Fsp3) is 0.286. The monoisotopic (exact) mass is 158 g/mol. The highest BCUT2D eigenvalue weighted by atomic mass is 19.3. The van der Waals surface area contributed by atoms with Crippen LogP contribution in [-0.4, -0.2) is 4.98 Å². The lowest BCUT2D eigenvalue weighted by atomic mass is 10.2. The van der Waals surface area contributed by atoms with Gasteiger partial charge in [-0.3, -0.25) is 4.98 Å². The summed E-state index contributed by atoms with van der Waals surface area (Å²) in [6, 6.07) is 1.24. The Bertz CT molecular complexity index is 261. The summed E-state index contributed by atoms with van der Waals surface area (Å²) >= 11 is 0. The predicted molar refractivity (Wildman–Crippen MR) is 38.3 cm³/mol. The van der Waals surface area contributed by atoms with Gasteiger partial charge in [-0.2, -0.15) is 0 Å². The average molecular weight is 158 g/mol. The number of aromatic nitrogens is 1. The van der Waals surface area contributed by atoms with Crippen LogP contribution in [0, 0.1) is 6.92 Å². The minimum atomic E-state index is -2.50. The van der Waals surface area contributed by atoms with Crippen LogP contribution in [0.4, 0.5) is 14.5 Å². The van der Waals surface area contributed by atoms with Crippen LogP contribution in [0.15, 0.2) is 12.3 Å². The number of nitrogens with two attached hydrogens (primary N) is 1. The molecule has 0 aliphatic carbocycles. The van der Waals surface area contributed by atoms with Crippen molar-refractivity contribution in [3.05, 3.63) is 23.5 Å². The first-order valence-electron chi connectivity index (χ1n) is 3.11. The second kappa shape index (κ2) is 2.82. The van der Waals surface area contributed by atoms with E-state index in [0.717, 1.165) is 6.20 Å². The summed E-state index contributed by atoms with van der Waals surface area (Å²) in [5, 5.41) is 0. The Morgan fingerprint density at radius 3 is 2.64 bits per heavy atom. The third-order valence-electron chi connectivity index (χ3n) is 1.40. The molecule has 0 unspecified atom stereocenters. The van der Waals surface area contributed by atoms with E-state index >= 15 is 0 Å². The molecule has 11 heavy (non-hydrogen) atoms. The van der Waals surface area contributed by atoms with Crippen molar-refractivity contribution in [1.82, 2.24) is 4.98 Å². The molecule has 0 amide bonds. The third kappa shape index (κ3) is 1.63. The second-order valence-corrected chi connectivity index (χ2v) is 2.24. The molecular formula is C7H8F2N2. The van der Waals surface area contributed by atoms with Gasteiger partial charge in [0.1, 0.15) is 0 Å². The van der Waals surface area contributed by atoms with Gasteiger partial charge in [0, 0.05) is 11.8 Å². The molecule has 4 heteroatoms. The topological polar surface area (TPSA) is 38.9 Å². The van der Waals surface area contributed by atoms with Crippen LogP contribution in [0.25, 0.3) is 0 Å². The molecule has 0 aromatic carbocycles. The Kier molecular flexibility index (Phi) is 2.03. The largest absolute Gasteiger partial charge is 0.397 e. The molecule has 60 valence electrons. The number of rotatable bonds is 1. The second-order valence-electron chi connectivity index (χ2n) is 2.24. The van der Waals surface area contributed by atoms with E-state index in [0.29, 0.717) is 11.4 Å². The summed E-state index contributed by atoms with van der Waals surface area (Å²) in [6.45, 7) is 1.67. The number of aryl methyl sites for hydroxylation is 1.